The molecule has 2 aliphatic heterocycles. The molecule has 1 aromatic rings. The van der Waals surface area contributed by atoms with Crippen molar-refractivity contribution in [1.82, 2.24) is 5.32 Å². The molecule has 1 atom stereocenters. The Hall–Kier alpha value is -2.30. The third-order valence-electron chi connectivity index (χ3n) is 2.81. The summed E-state index contributed by atoms with van der Waals surface area (Å²) in [5.74, 6) is -2.64. The number of benzene rings is 1. The van der Waals surface area contributed by atoms with Crippen molar-refractivity contribution in [3.05, 3.63) is 29.8 Å². The fourth-order valence-electron chi connectivity index (χ4n) is 2.01. The molecule has 78 valence electrons. The lowest BCUT2D eigenvalue weighted by atomic mass is 9.89. The average molecular weight is 214 g/mol. The molecule has 2 aliphatic rings. The van der Waals surface area contributed by atoms with Crippen LogP contribution in [0, 0.1) is 0 Å². The highest BCUT2D eigenvalue weighted by molar-refractivity contribution is 6.70. The summed E-state index contributed by atoms with van der Waals surface area (Å²) in [7, 11) is 0. The molecule has 1 saturated heterocycles. The molecule has 1 unspecified atom stereocenters. The zero-order chi connectivity index (χ0) is 11.3. The molecular formula is C11H6N2O3. The number of nitrogens with zero attached hydrogens (tertiary/aromatic N) is 1. The molecule has 0 saturated carbocycles. The minimum absolute atomic E-state index is 0.555. The Balaban J connectivity index is 2.24. The molecular weight excluding hydrogens is 208 g/mol. The first-order valence-corrected chi connectivity index (χ1v) is 4.71. The van der Waals surface area contributed by atoms with Crippen molar-refractivity contribution in [3.8, 4) is 0 Å². The summed E-state index contributed by atoms with van der Waals surface area (Å²) in [6, 6.07) is 6.91. The monoisotopic (exact) mass is 214 g/mol. The maximum atomic E-state index is 11.8. The zero-order valence-electron chi connectivity index (χ0n) is 8.06. The maximum Gasteiger partial charge on any atom is 0.297 e. The number of ketones is 2. The fraction of sp³-hybridized carbons (Fsp3) is 0.0909. The van der Waals surface area contributed by atoms with Crippen LogP contribution in [0.5, 0.6) is 0 Å². The van der Waals surface area contributed by atoms with E-state index in [4.69, 9.17) is 0 Å². The van der Waals surface area contributed by atoms with Crippen LogP contribution in [0.15, 0.2) is 29.3 Å². The highest BCUT2D eigenvalue weighted by atomic mass is 16.2. The van der Waals surface area contributed by atoms with Crippen LogP contribution in [-0.2, 0) is 19.9 Å². The van der Waals surface area contributed by atoms with E-state index >= 15 is 0 Å². The van der Waals surface area contributed by atoms with Gasteiger partial charge in [0.15, 0.2) is 5.54 Å². The lowest BCUT2D eigenvalue weighted by molar-refractivity contribution is -0.140. The average Bonchev–Trinajstić information content (AvgIpc) is 2.77. The number of para-hydroxylation sites is 1. The summed E-state index contributed by atoms with van der Waals surface area (Å²) in [5, 5.41) is 2.40. The van der Waals surface area contributed by atoms with Crippen LogP contribution >= 0.6 is 0 Å². The lowest BCUT2D eigenvalue weighted by Gasteiger charge is -2.18. The van der Waals surface area contributed by atoms with Crippen molar-refractivity contribution < 1.29 is 14.4 Å². The number of carbonyl (C=O) groups is 3. The first-order valence-electron chi connectivity index (χ1n) is 4.71. The molecule has 1 amide bonds. The van der Waals surface area contributed by atoms with Crippen LogP contribution in [0.3, 0.4) is 0 Å². The Morgan fingerprint density at radius 1 is 1.12 bits per heavy atom. The minimum Gasteiger partial charge on any atom is -0.328 e. The lowest BCUT2D eigenvalue weighted by Crippen LogP contribution is -2.43. The molecule has 5 nitrogen and oxygen atoms in total. The Bertz CT molecular complexity index is 576. The van der Waals surface area contributed by atoms with E-state index < -0.39 is 23.0 Å². The molecule has 0 radical (unpaired) electrons. The molecule has 1 spiro atoms. The smallest absolute Gasteiger partial charge is 0.297 e. The highest BCUT2D eigenvalue weighted by Gasteiger charge is 2.55. The van der Waals surface area contributed by atoms with E-state index in [1.807, 2.05) is 0 Å². The van der Waals surface area contributed by atoms with Gasteiger partial charge in [0.05, 0.1) is 5.69 Å². The van der Waals surface area contributed by atoms with Gasteiger partial charge < -0.3 is 5.32 Å². The van der Waals surface area contributed by atoms with Gasteiger partial charge in [0.2, 0.25) is 5.78 Å². The van der Waals surface area contributed by atoms with Crippen LogP contribution in [-0.4, -0.2) is 23.7 Å². The second kappa shape index (κ2) is 2.63. The van der Waals surface area contributed by atoms with Crippen molar-refractivity contribution in [2.24, 2.45) is 4.99 Å². The molecule has 0 aliphatic carbocycles. The summed E-state index contributed by atoms with van der Waals surface area (Å²) in [6.45, 7) is 0. The molecule has 1 N–H and O–H groups in total. The number of carbonyl (C=O) groups excluding carboxylic acids is 3. The first-order chi connectivity index (χ1) is 7.65. The Morgan fingerprint density at radius 2 is 1.88 bits per heavy atom. The number of hydrogen-bond acceptors (Lipinski definition) is 4. The third kappa shape index (κ3) is 0.850. The van der Waals surface area contributed by atoms with Gasteiger partial charge >= 0.3 is 0 Å². The molecule has 0 bridgehead atoms. The number of amides is 1. The molecule has 1 aromatic carbocycles. The van der Waals surface area contributed by atoms with Gasteiger partial charge in [0, 0.05) is 11.8 Å². The summed E-state index contributed by atoms with van der Waals surface area (Å²) < 4.78 is 0. The van der Waals surface area contributed by atoms with E-state index in [1.54, 1.807) is 24.3 Å². The van der Waals surface area contributed by atoms with Crippen molar-refractivity contribution >= 4 is 29.4 Å². The Kier molecular flexibility index (Phi) is 1.47. The predicted molar refractivity (Wildman–Crippen MR) is 54.4 cm³/mol. The Labute approximate surface area is 90.2 Å². The molecule has 16 heavy (non-hydrogen) atoms. The van der Waals surface area contributed by atoms with Gasteiger partial charge in [-0.3, -0.25) is 19.4 Å². The quantitative estimate of drug-likeness (QED) is 0.611. The van der Waals surface area contributed by atoms with Crippen LogP contribution in [0.2, 0.25) is 0 Å². The molecule has 1 fully saturated rings. The van der Waals surface area contributed by atoms with Crippen LogP contribution < -0.4 is 5.32 Å². The van der Waals surface area contributed by atoms with Crippen molar-refractivity contribution in [1.29, 1.82) is 0 Å². The Morgan fingerprint density at radius 3 is 2.56 bits per heavy atom. The number of fused-ring (bicyclic) bond motifs is 2. The molecule has 3 rings (SSSR count). The number of rotatable bonds is 0. The van der Waals surface area contributed by atoms with Crippen molar-refractivity contribution in [2.45, 2.75) is 5.54 Å². The van der Waals surface area contributed by atoms with Gasteiger partial charge in [-0.25, -0.2) is 0 Å². The molecule has 5 heteroatoms. The first kappa shape index (κ1) is 8.96. The van der Waals surface area contributed by atoms with E-state index in [-0.39, 0.29) is 0 Å². The molecule has 0 aromatic heterocycles. The fourth-order valence-corrected chi connectivity index (χ4v) is 2.01. The van der Waals surface area contributed by atoms with Crippen LogP contribution in [0.25, 0.3) is 0 Å². The zero-order valence-corrected chi connectivity index (χ0v) is 8.06. The number of aliphatic imine (C=N–C) groups is 1. The van der Waals surface area contributed by atoms with E-state index in [2.05, 4.69) is 10.3 Å². The maximum absolute atomic E-state index is 11.8. The predicted octanol–water partition coefficient (Wildman–Crippen LogP) is -0.134. The second-order valence-electron chi connectivity index (χ2n) is 3.70. The highest BCUT2D eigenvalue weighted by Crippen LogP contribution is 2.37. The van der Waals surface area contributed by atoms with E-state index in [0.717, 1.165) is 0 Å². The van der Waals surface area contributed by atoms with Gasteiger partial charge in [0.25, 0.3) is 11.7 Å². The van der Waals surface area contributed by atoms with Gasteiger partial charge in [-0.15, -0.1) is 0 Å². The normalized spacial score (nSPS) is 26.4. The number of nitrogens with one attached hydrogen (secondary N) is 1. The minimum atomic E-state index is -1.36. The van der Waals surface area contributed by atoms with Gasteiger partial charge in [-0.2, -0.15) is 0 Å². The van der Waals surface area contributed by atoms with Crippen molar-refractivity contribution in [2.75, 3.05) is 0 Å². The van der Waals surface area contributed by atoms with E-state index in [1.165, 1.54) is 6.21 Å². The summed E-state index contributed by atoms with van der Waals surface area (Å²) in [4.78, 5) is 38.3. The third-order valence-corrected chi connectivity index (χ3v) is 2.81. The number of Topliss-reactive ketones (excluding diaryl/α,β-unsaturated/α-hetero) is 2. The summed E-state index contributed by atoms with van der Waals surface area (Å²) in [6.07, 6.45) is 1.32. The number of hydrogen-bond donors (Lipinski definition) is 1. The van der Waals surface area contributed by atoms with Gasteiger partial charge in [-0.1, -0.05) is 18.2 Å². The summed E-state index contributed by atoms with van der Waals surface area (Å²) in [5.41, 5.74) is -0.199. The van der Waals surface area contributed by atoms with Gasteiger partial charge in [-0.05, 0) is 6.07 Å². The van der Waals surface area contributed by atoms with Crippen molar-refractivity contribution in [3.63, 3.8) is 0 Å². The van der Waals surface area contributed by atoms with Gasteiger partial charge in [0.1, 0.15) is 0 Å². The SMILES string of the molecule is O=C1NC2(C=Nc3ccccc32)C(=O)C1=O. The largest absolute Gasteiger partial charge is 0.328 e. The summed E-state index contributed by atoms with van der Waals surface area (Å²) >= 11 is 0. The topological polar surface area (TPSA) is 75.6 Å². The second-order valence-corrected chi connectivity index (χ2v) is 3.70. The van der Waals surface area contributed by atoms with E-state index in [0.29, 0.717) is 11.3 Å². The van der Waals surface area contributed by atoms with Crippen LogP contribution in [0.1, 0.15) is 5.56 Å². The standard InChI is InChI=1S/C11H6N2O3/c14-8-9(15)11(13-10(8)16)5-12-7-4-2-1-3-6(7)11/h1-5H,(H,13,16). The van der Waals surface area contributed by atoms with Crippen LogP contribution in [0.4, 0.5) is 5.69 Å². The molecule has 2 heterocycles. The van der Waals surface area contributed by atoms with E-state index in [9.17, 15) is 14.4 Å².